The second-order valence-electron chi connectivity index (χ2n) is 6.79. The van der Waals surface area contributed by atoms with Crippen molar-refractivity contribution in [3.05, 3.63) is 29.8 Å². The number of amides is 2. The van der Waals surface area contributed by atoms with Crippen LogP contribution in [0.15, 0.2) is 24.3 Å². The molecule has 1 aromatic rings. The number of urea groups is 1. The number of nitrogens with zero attached hydrogens (tertiary/aromatic N) is 3. The van der Waals surface area contributed by atoms with Crippen LogP contribution in [-0.4, -0.2) is 54.3 Å². The third-order valence-electron chi connectivity index (χ3n) is 5.42. The van der Waals surface area contributed by atoms with E-state index in [0.717, 1.165) is 38.8 Å². The summed E-state index contributed by atoms with van der Waals surface area (Å²) in [6.07, 6.45) is 4.72. The zero-order chi connectivity index (χ0) is 16.7. The Bertz CT molecular complexity index is 677. The molecule has 3 aliphatic heterocycles. The maximum atomic E-state index is 13.2. The first-order valence-corrected chi connectivity index (χ1v) is 8.76. The lowest BCUT2D eigenvalue weighted by Crippen LogP contribution is -2.70. The van der Waals surface area contributed by atoms with Crippen molar-refractivity contribution in [1.29, 1.82) is 0 Å². The van der Waals surface area contributed by atoms with Gasteiger partial charge in [0.2, 0.25) is 5.85 Å². The van der Waals surface area contributed by atoms with Gasteiger partial charge < -0.3 is 4.74 Å². The normalized spacial score (nSPS) is 28.0. The maximum Gasteiger partial charge on any atom is 0.343 e. The molecule has 128 valence electrons. The van der Waals surface area contributed by atoms with Gasteiger partial charge in [-0.15, -0.1) is 0 Å². The molecular weight excluding hydrogens is 306 g/mol. The standard InChI is InChI=1S/C18H23N3O3/c1-19-15-9-4-3-8-14(15)16(22)24-18-10-5-2-6-11-20(18)12-7-13-21(18)17(19)23/h3-4,8-9H,2,5-7,10-13H2,1H3. The number of carbonyl (C=O) groups is 2. The number of para-hydroxylation sites is 1. The molecule has 6 nitrogen and oxygen atoms in total. The number of rotatable bonds is 0. The van der Waals surface area contributed by atoms with Crippen LogP contribution in [0.25, 0.3) is 0 Å². The summed E-state index contributed by atoms with van der Waals surface area (Å²) in [6, 6.07) is 7.07. The van der Waals surface area contributed by atoms with E-state index in [1.165, 1.54) is 0 Å². The highest BCUT2D eigenvalue weighted by Gasteiger charge is 2.53. The summed E-state index contributed by atoms with van der Waals surface area (Å²) in [7, 11) is 1.74. The molecule has 2 amide bonds. The molecule has 24 heavy (non-hydrogen) atoms. The summed E-state index contributed by atoms with van der Waals surface area (Å²) in [5.74, 6) is -1.27. The highest BCUT2D eigenvalue weighted by molar-refractivity contribution is 6.03. The molecule has 1 aromatic carbocycles. The quantitative estimate of drug-likeness (QED) is 0.687. The fourth-order valence-corrected chi connectivity index (χ4v) is 4.20. The van der Waals surface area contributed by atoms with E-state index in [9.17, 15) is 9.59 Å². The number of hydrogen-bond donors (Lipinski definition) is 0. The van der Waals surface area contributed by atoms with Crippen LogP contribution in [-0.2, 0) is 4.74 Å². The summed E-state index contributed by atoms with van der Waals surface area (Å²) >= 11 is 0. The Morgan fingerprint density at radius 2 is 1.79 bits per heavy atom. The van der Waals surface area contributed by atoms with E-state index in [1.54, 1.807) is 35.0 Å². The predicted octanol–water partition coefficient (Wildman–Crippen LogP) is 2.65. The molecule has 3 aliphatic rings. The zero-order valence-electron chi connectivity index (χ0n) is 14.0. The van der Waals surface area contributed by atoms with Gasteiger partial charge in [-0.1, -0.05) is 18.6 Å². The molecule has 0 saturated carbocycles. The van der Waals surface area contributed by atoms with Crippen LogP contribution < -0.4 is 4.90 Å². The van der Waals surface area contributed by atoms with Gasteiger partial charge in [-0.2, -0.15) is 0 Å². The van der Waals surface area contributed by atoms with Crippen molar-refractivity contribution in [2.45, 2.75) is 38.0 Å². The SMILES string of the molecule is CN1C(=O)N2CCCN3CCCCCC32OC(=O)c2ccccc21. The first-order valence-electron chi connectivity index (χ1n) is 8.76. The lowest BCUT2D eigenvalue weighted by molar-refractivity contribution is -0.214. The Labute approximate surface area is 142 Å². The van der Waals surface area contributed by atoms with Gasteiger partial charge in [0.05, 0.1) is 11.3 Å². The van der Waals surface area contributed by atoms with Crippen LogP contribution in [0.4, 0.5) is 10.5 Å². The van der Waals surface area contributed by atoms with Gasteiger partial charge in [-0.3, -0.25) is 9.80 Å². The van der Waals surface area contributed by atoms with Crippen molar-refractivity contribution in [2.75, 3.05) is 31.6 Å². The monoisotopic (exact) mass is 329 g/mol. The van der Waals surface area contributed by atoms with Crippen LogP contribution in [0.3, 0.4) is 0 Å². The van der Waals surface area contributed by atoms with Crippen molar-refractivity contribution in [3.8, 4) is 0 Å². The van der Waals surface area contributed by atoms with Gasteiger partial charge in [-0.05, 0) is 31.4 Å². The molecule has 0 aliphatic carbocycles. The number of esters is 1. The second-order valence-corrected chi connectivity index (χ2v) is 6.79. The van der Waals surface area contributed by atoms with E-state index in [-0.39, 0.29) is 12.0 Å². The predicted molar refractivity (Wildman–Crippen MR) is 89.8 cm³/mol. The highest BCUT2D eigenvalue weighted by Crippen LogP contribution is 2.39. The van der Waals surface area contributed by atoms with Crippen molar-refractivity contribution >= 4 is 17.7 Å². The average Bonchev–Trinajstić information content (AvgIpc) is 2.81. The van der Waals surface area contributed by atoms with Crippen LogP contribution in [0, 0.1) is 0 Å². The molecule has 0 radical (unpaired) electrons. The largest absolute Gasteiger partial charge is 0.421 e. The average molecular weight is 329 g/mol. The summed E-state index contributed by atoms with van der Waals surface area (Å²) in [6.45, 7) is 2.35. The van der Waals surface area contributed by atoms with Crippen LogP contribution >= 0.6 is 0 Å². The van der Waals surface area contributed by atoms with E-state index in [1.807, 2.05) is 6.07 Å². The molecule has 1 spiro atoms. The fraction of sp³-hybridized carbons (Fsp3) is 0.556. The smallest absolute Gasteiger partial charge is 0.343 e. The minimum absolute atomic E-state index is 0.0958. The molecular formula is C18H23N3O3. The first-order chi connectivity index (χ1) is 11.6. The van der Waals surface area contributed by atoms with Gasteiger partial charge in [0, 0.05) is 33.1 Å². The highest BCUT2D eigenvalue weighted by atomic mass is 16.6. The van der Waals surface area contributed by atoms with Gasteiger partial charge in [0.25, 0.3) is 0 Å². The molecule has 2 fully saturated rings. The summed E-state index contributed by atoms with van der Waals surface area (Å²) in [5, 5.41) is 0. The number of anilines is 1. The zero-order valence-corrected chi connectivity index (χ0v) is 14.0. The fourth-order valence-electron chi connectivity index (χ4n) is 4.20. The van der Waals surface area contributed by atoms with E-state index < -0.39 is 5.85 Å². The third kappa shape index (κ3) is 2.20. The lowest BCUT2D eigenvalue weighted by Gasteiger charge is -2.53. The molecule has 1 unspecified atom stereocenters. The third-order valence-corrected chi connectivity index (χ3v) is 5.42. The van der Waals surface area contributed by atoms with Crippen LogP contribution in [0.2, 0.25) is 0 Å². The number of benzene rings is 1. The topological polar surface area (TPSA) is 53.1 Å². The van der Waals surface area contributed by atoms with Gasteiger partial charge in [0.15, 0.2) is 0 Å². The van der Waals surface area contributed by atoms with Gasteiger partial charge in [-0.25, -0.2) is 14.5 Å². The summed E-state index contributed by atoms with van der Waals surface area (Å²) in [5.41, 5.74) is 1.06. The number of fused-ring (bicyclic) bond motifs is 1. The Balaban J connectivity index is 1.85. The number of ether oxygens (including phenoxy) is 1. The van der Waals surface area contributed by atoms with E-state index in [2.05, 4.69) is 4.90 Å². The number of carbonyl (C=O) groups excluding carboxylic acids is 2. The van der Waals surface area contributed by atoms with Crippen molar-refractivity contribution in [2.24, 2.45) is 0 Å². The second kappa shape index (κ2) is 5.77. The van der Waals surface area contributed by atoms with Crippen LogP contribution in [0.5, 0.6) is 0 Å². The minimum atomic E-state index is -0.926. The van der Waals surface area contributed by atoms with Gasteiger partial charge >= 0.3 is 12.0 Å². The molecule has 0 bridgehead atoms. The Morgan fingerprint density at radius 1 is 1.00 bits per heavy atom. The van der Waals surface area contributed by atoms with E-state index in [4.69, 9.17) is 4.74 Å². The molecule has 1 atom stereocenters. The molecule has 2 saturated heterocycles. The lowest BCUT2D eigenvalue weighted by atomic mass is 10.1. The van der Waals surface area contributed by atoms with Crippen LogP contribution in [0.1, 0.15) is 42.5 Å². The summed E-state index contributed by atoms with van der Waals surface area (Å²) < 4.78 is 6.08. The molecule has 6 heteroatoms. The molecule has 0 N–H and O–H groups in total. The van der Waals surface area contributed by atoms with E-state index in [0.29, 0.717) is 24.2 Å². The van der Waals surface area contributed by atoms with Crippen molar-refractivity contribution in [3.63, 3.8) is 0 Å². The Hall–Kier alpha value is -2.08. The van der Waals surface area contributed by atoms with Crippen molar-refractivity contribution in [1.82, 2.24) is 9.80 Å². The van der Waals surface area contributed by atoms with Gasteiger partial charge in [0.1, 0.15) is 0 Å². The number of hydrogen-bond acceptors (Lipinski definition) is 4. The Morgan fingerprint density at radius 3 is 2.67 bits per heavy atom. The Kier molecular flexibility index (Phi) is 3.72. The molecule has 0 aromatic heterocycles. The minimum Gasteiger partial charge on any atom is -0.421 e. The molecule has 3 heterocycles. The van der Waals surface area contributed by atoms with Crippen molar-refractivity contribution < 1.29 is 14.3 Å². The summed E-state index contributed by atoms with van der Waals surface area (Å²) in [4.78, 5) is 31.7. The first kappa shape index (κ1) is 15.4. The van der Waals surface area contributed by atoms with E-state index >= 15 is 0 Å². The molecule has 4 rings (SSSR count). The maximum absolute atomic E-state index is 13.2.